The van der Waals surface area contributed by atoms with E-state index >= 15 is 0 Å². The monoisotopic (exact) mass is 283 g/mol. The van der Waals surface area contributed by atoms with Crippen molar-refractivity contribution in [3.8, 4) is 11.5 Å². The molecule has 0 N–H and O–H groups in total. The van der Waals surface area contributed by atoms with Gasteiger partial charge in [0.2, 0.25) is 0 Å². The van der Waals surface area contributed by atoms with E-state index in [1.54, 1.807) is 0 Å². The zero-order valence-electron chi connectivity index (χ0n) is 9.88. The molecule has 0 fully saturated rings. The van der Waals surface area contributed by atoms with Crippen molar-refractivity contribution in [2.75, 3.05) is 14.2 Å². The summed E-state index contributed by atoms with van der Waals surface area (Å²) in [5.41, 5.74) is -1.01. The summed E-state index contributed by atoms with van der Waals surface area (Å²) in [6, 6.07) is 0.664. The molecule has 0 radical (unpaired) electrons. The molecule has 0 aliphatic carbocycles. The van der Waals surface area contributed by atoms with Crippen LogP contribution in [0.25, 0.3) is 0 Å². The summed E-state index contributed by atoms with van der Waals surface area (Å²) >= 11 is 0. The quantitative estimate of drug-likeness (QED) is 0.626. The highest BCUT2D eigenvalue weighted by Gasteiger charge is 2.34. The average molecular weight is 283 g/mol. The van der Waals surface area contributed by atoms with Crippen molar-refractivity contribution >= 4 is 5.97 Å². The van der Waals surface area contributed by atoms with E-state index < -0.39 is 41.9 Å². The van der Waals surface area contributed by atoms with Crippen molar-refractivity contribution in [3.63, 3.8) is 0 Å². The number of aromatic nitrogens is 1. The Morgan fingerprint density at radius 2 is 2.00 bits per heavy atom. The number of carbonyl (C=O) groups excluding carboxylic acids is 1. The van der Waals surface area contributed by atoms with Crippen LogP contribution in [0.5, 0.6) is 11.5 Å². The molecule has 0 spiro atoms. The van der Waals surface area contributed by atoms with Crippen molar-refractivity contribution in [1.82, 2.24) is 4.98 Å². The number of pyridine rings is 1. The van der Waals surface area contributed by atoms with Gasteiger partial charge in [-0.25, -0.2) is 14.2 Å². The van der Waals surface area contributed by atoms with Crippen LogP contribution < -0.4 is 9.47 Å². The summed E-state index contributed by atoms with van der Waals surface area (Å²) < 4.78 is 61.9. The largest absolute Gasteiger partial charge is 0.573 e. The normalized spacial score (nSPS) is 11.1. The highest BCUT2D eigenvalue weighted by molar-refractivity contribution is 5.88. The number of ether oxygens (including phenoxy) is 3. The van der Waals surface area contributed by atoms with Crippen LogP contribution in [0.15, 0.2) is 6.07 Å². The molecule has 0 amide bonds. The number of halogens is 4. The number of hydrogen-bond acceptors (Lipinski definition) is 5. The zero-order valence-corrected chi connectivity index (χ0v) is 9.88. The molecule has 1 rings (SSSR count). The molecule has 0 bridgehead atoms. The van der Waals surface area contributed by atoms with E-state index in [0.717, 1.165) is 14.2 Å². The molecule has 9 heteroatoms. The fourth-order valence-corrected chi connectivity index (χ4v) is 1.28. The Labute approximate surface area is 105 Å². The lowest BCUT2D eigenvalue weighted by atomic mass is 10.2. The van der Waals surface area contributed by atoms with Crippen LogP contribution in [0.1, 0.15) is 16.2 Å². The van der Waals surface area contributed by atoms with Crippen LogP contribution in [0.4, 0.5) is 17.6 Å². The SMILES string of the molecule is COC(=O)c1cc(OC(F)(F)F)c(OC)c(CF)n1. The molecule has 1 aromatic heterocycles. The van der Waals surface area contributed by atoms with Gasteiger partial charge in [-0.05, 0) is 0 Å². The fraction of sp³-hybridized carbons (Fsp3) is 0.400. The first-order valence-electron chi connectivity index (χ1n) is 4.80. The summed E-state index contributed by atoms with van der Waals surface area (Å²) in [5, 5.41) is 0. The Hall–Kier alpha value is -2.06. The smallest absolute Gasteiger partial charge is 0.491 e. The molecule has 0 aliphatic rings. The molecule has 1 aromatic rings. The lowest BCUT2D eigenvalue weighted by Gasteiger charge is -2.15. The molecule has 0 saturated heterocycles. The topological polar surface area (TPSA) is 57.7 Å². The highest BCUT2D eigenvalue weighted by atomic mass is 19.4. The maximum atomic E-state index is 12.7. The summed E-state index contributed by atoms with van der Waals surface area (Å²) in [7, 11) is 2.03. The molecule has 5 nitrogen and oxygen atoms in total. The minimum atomic E-state index is -5.02. The average Bonchev–Trinajstić information content (AvgIpc) is 2.34. The van der Waals surface area contributed by atoms with Crippen molar-refractivity contribution in [1.29, 1.82) is 0 Å². The molecule has 0 atom stereocenters. The molecule has 106 valence electrons. The lowest BCUT2D eigenvalue weighted by molar-refractivity contribution is -0.275. The Kier molecular flexibility index (Phi) is 4.52. The van der Waals surface area contributed by atoms with E-state index in [0.29, 0.717) is 6.07 Å². The van der Waals surface area contributed by atoms with E-state index in [4.69, 9.17) is 0 Å². The third kappa shape index (κ3) is 3.70. The second kappa shape index (κ2) is 5.72. The molecule has 0 saturated carbocycles. The minimum Gasteiger partial charge on any atom is -0.491 e. The maximum Gasteiger partial charge on any atom is 0.573 e. The van der Waals surface area contributed by atoms with Crippen LogP contribution >= 0.6 is 0 Å². The van der Waals surface area contributed by atoms with Gasteiger partial charge in [0, 0.05) is 6.07 Å². The van der Waals surface area contributed by atoms with Gasteiger partial charge >= 0.3 is 12.3 Å². The standard InChI is InChI=1S/C10H9F4NO4/c1-17-8-6(4-11)15-5(9(16)18-2)3-7(8)19-10(12,13)14/h3H,4H2,1-2H3. The van der Waals surface area contributed by atoms with Gasteiger partial charge in [0.25, 0.3) is 0 Å². The summed E-state index contributed by atoms with van der Waals surface area (Å²) in [6.07, 6.45) is -5.02. The third-order valence-corrected chi connectivity index (χ3v) is 1.96. The zero-order chi connectivity index (χ0) is 14.6. The Balaban J connectivity index is 3.35. The first-order valence-corrected chi connectivity index (χ1v) is 4.80. The van der Waals surface area contributed by atoms with Crippen LogP contribution in [0.3, 0.4) is 0 Å². The molecular formula is C10H9F4NO4. The van der Waals surface area contributed by atoms with Crippen molar-refractivity contribution in [3.05, 3.63) is 17.5 Å². The number of carbonyl (C=O) groups is 1. The van der Waals surface area contributed by atoms with Gasteiger partial charge in [0.15, 0.2) is 17.2 Å². The van der Waals surface area contributed by atoms with Gasteiger partial charge in [-0.1, -0.05) is 0 Å². The number of nitrogens with zero attached hydrogens (tertiary/aromatic N) is 1. The van der Waals surface area contributed by atoms with Crippen LogP contribution in [0.2, 0.25) is 0 Å². The van der Waals surface area contributed by atoms with Gasteiger partial charge < -0.3 is 14.2 Å². The molecule has 0 aromatic carbocycles. The number of esters is 1. The van der Waals surface area contributed by atoms with Crippen LogP contribution in [0, 0.1) is 0 Å². The number of alkyl halides is 4. The number of rotatable bonds is 4. The first-order chi connectivity index (χ1) is 8.82. The number of methoxy groups -OCH3 is 2. The predicted octanol–water partition coefficient (Wildman–Crippen LogP) is 2.24. The maximum absolute atomic E-state index is 12.7. The van der Waals surface area contributed by atoms with Crippen molar-refractivity contribution in [2.24, 2.45) is 0 Å². The minimum absolute atomic E-state index is 0.496. The van der Waals surface area contributed by atoms with E-state index in [1.807, 2.05) is 0 Å². The van der Waals surface area contributed by atoms with Gasteiger partial charge in [0.1, 0.15) is 12.4 Å². The lowest BCUT2D eigenvalue weighted by Crippen LogP contribution is -2.19. The van der Waals surface area contributed by atoms with Gasteiger partial charge in [-0.2, -0.15) is 0 Å². The number of hydrogen-bond donors (Lipinski definition) is 0. The van der Waals surface area contributed by atoms with E-state index in [1.165, 1.54) is 0 Å². The summed E-state index contributed by atoms with van der Waals surface area (Å²) in [5.74, 6) is -2.42. The van der Waals surface area contributed by atoms with Crippen LogP contribution in [-0.2, 0) is 11.4 Å². The molecule has 0 aliphatic heterocycles. The second-order valence-corrected chi connectivity index (χ2v) is 3.16. The van der Waals surface area contributed by atoms with Crippen molar-refractivity contribution in [2.45, 2.75) is 13.0 Å². The fourth-order valence-electron chi connectivity index (χ4n) is 1.28. The van der Waals surface area contributed by atoms with Gasteiger partial charge in [-0.3, -0.25) is 0 Å². The molecule has 0 unspecified atom stereocenters. The first kappa shape index (κ1) is 15.0. The van der Waals surface area contributed by atoms with Gasteiger partial charge in [0.05, 0.1) is 14.2 Å². The Bertz CT molecular complexity index is 475. The summed E-state index contributed by atoms with van der Waals surface area (Å²) in [6.45, 7) is -1.23. The Morgan fingerprint density at radius 1 is 1.37 bits per heavy atom. The van der Waals surface area contributed by atoms with E-state index in [-0.39, 0.29) is 0 Å². The second-order valence-electron chi connectivity index (χ2n) is 3.16. The third-order valence-electron chi connectivity index (χ3n) is 1.96. The van der Waals surface area contributed by atoms with Gasteiger partial charge in [-0.15, -0.1) is 13.2 Å². The summed E-state index contributed by atoms with van der Waals surface area (Å²) in [4.78, 5) is 14.7. The van der Waals surface area contributed by atoms with E-state index in [2.05, 4.69) is 19.2 Å². The Morgan fingerprint density at radius 3 is 2.42 bits per heavy atom. The highest BCUT2D eigenvalue weighted by Crippen LogP contribution is 2.35. The molecule has 1 heterocycles. The van der Waals surface area contributed by atoms with E-state index in [9.17, 15) is 22.4 Å². The predicted molar refractivity (Wildman–Crippen MR) is 53.6 cm³/mol. The van der Waals surface area contributed by atoms with Crippen molar-refractivity contribution < 1.29 is 36.6 Å². The molecule has 19 heavy (non-hydrogen) atoms. The van der Waals surface area contributed by atoms with Crippen LogP contribution in [-0.4, -0.2) is 31.5 Å². The molecular weight excluding hydrogens is 274 g/mol.